The lowest BCUT2D eigenvalue weighted by Crippen LogP contribution is -2.28. The molecule has 0 spiro atoms. The summed E-state index contributed by atoms with van der Waals surface area (Å²) in [6, 6.07) is 9.25. The van der Waals surface area contributed by atoms with Crippen molar-refractivity contribution in [1.29, 1.82) is 0 Å². The molecule has 0 saturated heterocycles. The molecule has 0 radical (unpaired) electrons. The number of aromatic nitrogens is 1. The second-order valence-electron chi connectivity index (χ2n) is 4.44. The topological polar surface area (TPSA) is 45.6 Å². The number of aromatic hydroxyl groups is 1. The maximum atomic E-state index is 9.67. The van der Waals surface area contributed by atoms with Crippen LogP contribution in [0.4, 0.5) is 11.4 Å². The molecule has 3 rings (SSSR count). The number of rotatable bonds is 3. The number of thioether (sulfide) groups is 1. The van der Waals surface area contributed by atoms with E-state index in [0.29, 0.717) is 6.61 Å². The lowest BCUT2D eigenvalue weighted by Gasteiger charge is -2.31. The third-order valence-electron chi connectivity index (χ3n) is 3.13. The van der Waals surface area contributed by atoms with Crippen molar-refractivity contribution in [3.05, 3.63) is 36.5 Å². The zero-order valence-corrected chi connectivity index (χ0v) is 12.1. The number of phenolic OH excluding ortho intramolecular Hbond substituents is 1. The van der Waals surface area contributed by atoms with Crippen molar-refractivity contribution in [3.8, 4) is 11.5 Å². The number of phenols is 1. The van der Waals surface area contributed by atoms with Gasteiger partial charge in [0.1, 0.15) is 18.1 Å². The molecule has 1 aromatic carbocycles. The quantitative estimate of drug-likeness (QED) is 0.877. The van der Waals surface area contributed by atoms with Crippen molar-refractivity contribution in [3.63, 3.8) is 0 Å². The minimum atomic E-state index is 0.241. The van der Waals surface area contributed by atoms with Crippen molar-refractivity contribution >= 4 is 23.1 Å². The molecule has 2 aromatic rings. The maximum Gasteiger partial charge on any atom is 0.143 e. The first kappa shape index (κ1) is 13.1. The summed E-state index contributed by atoms with van der Waals surface area (Å²) >= 11 is 1.72. The Kier molecular flexibility index (Phi) is 3.69. The van der Waals surface area contributed by atoms with Crippen molar-refractivity contribution in [1.82, 2.24) is 4.98 Å². The molecule has 5 heteroatoms. The van der Waals surface area contributed by atoms with E-state index in [1.807, 2.05) is 12.3 Å². The van der Waals surface area contributed by atoms with Gasteiger partial charge in [-0.2, -0.15) is 0 Å². The predicted molar refractivity (Wildman–Crippen MR) is 81.2 cm³/mol. The van der Waals surface area contributed by atoms with Crippen LogP contribution < -0.4 is 9.64 Å². The van der Waals surface area contributed by atoms with Crippen LogP contribution in [0.25, 0.3) is 0 Å². The molecular weight excluding hydrogens is 272 g/mol. The van der Waals surface area contributed by atoms with E-state index in [1.165, 1.54) is 0 Å². The first-order chi connectivity index (χ1) is 9.78. The molecule has 0 saturated carbocycles. The number of hydrogen-bond donors (Lipinski definition) is 1. The summed E-state index contributed by atoms with van der Waals surface area (Å²) in [6.07, 6.45) is 1.87. The van der Waals surface area contributed by atoms with Gasteiger partial charge in [-0.25, -0.2) is 4.98 Å². The van der Waals surface area contributed by atoms with E-state index in [0.717, 1.165) is 34.4 Å². The van der Waals surface area contributed by atoms with E-state index in [-0.39, 0.29) is 5.75 Å². The van der Waals surface area contributed by atoms with Crippen LogP contribution in [0.1, 0.15) is 6.92 Å². The Bertz CT molecular complexity index is 601. The zero-order valence-electron chi connectivity index (χ0n) is 11.2. The van der Waals surface area contributed by atoms with Gasteiger partial charge in [0.25, 0.3) is 0 Å². The number of hydrogen-bond acceptors (Lipinski definition) is 5. The lowest BCUT2D eigenvalue weighted by molar-refractivity contribution is 0.313. The molecular formula is C15H16N2O2S. The van der Waals surface area contributed by atoms with Gasteiger partial charge < -0.3 is 14.7 Å². The number of anilines is 2. The fourth-order valence-electron chi connectivity index (χ4n) is 2.24. The Labute approximate surface area is 122 Å². The molecule has 2 heterocycles. The standard InChI is InChI=1S/C15H16N2O2S/c1-2-20-15-6-3-11(10-16-15)17-7-8-19-14-5-4-12(18)9-13(14)17/h3-6,9-10,18H,2,7-8H2,1H3. The van der Waals surface area contributed by atoms with Crippen molar-refractivity contribution in [2.75, 3.05) is 23.8 Å². The molecule has 0 bridgehead atoms. The van der Waals surface area contributed by atoms with Crippen LogP contribution in [0, 0.1) is 0 Å². The lowest BCUT2D eigenvalue weighted by atomic mass is 10.2. The molecule has 1 aliphatic heterocycles. The molecule has 20 heavy (non-hydrogen) atoms. The van der Waals surface area contributed by atoms with Crippen LogP contribution in [-0.4, -0.2) is 29.0 Å². The van der Waals surface area contributed by atoms with Crippen LogP contribution >= 0.6 is 11.8 Å². The van der Waals surface area contributed by atoms with Gasteiger partial charge in [0.2, 0.25) is 0 Å². The first-order valence-electron chi connectivity index (χ1n) is 6.60. The van der Waals surface area contributed by atoms with Gasteiger partial charge in [-0.1, -0.05) is 6.92 Å². The average Bonchev–Trinajstić information content (AvgIpc) is 2.48. The molecule has 0 atom stereocenters. The highest BCUT2D eigenvalue weighted by Crippen LogP contribution is 2.38. The highest BCUT2D eigenvalue weighted by molar-refractivity contribution is 7.99. The molecule has 0 fully saturated rings. The molecule has 1 aromatic heterocycles. The Balaban J connectivity index is 1.93. The third kappa shape index (κ3) is 2.54. The minimum Gasteiger partial charge on any atom is -0.508 e. The van der Waals surface area contributed by atoms with Gasteiger partial charge >= 0.3 is 0 Å². The van der Waals surface area contributed by atoms with Crippen LogP contribution in [0.15, 0.2) is 41.6 Å². The van der Waals surface area contributed by atoms with Gasteiger partial charge in [-0.3, -0.25) is 0 Å². The smallest absolute Gasteiger partial charge is 0.143 e. The second kappa shape index (κ2) is 5.63. The molecule has 0 aliphatic carbocycles. The molecule has 1 aliphatic rings. The summed E-state index contributed by atoms with van der Waals surface area (Å²) in [4.78, 5) is 6.57. The normalized spacial score (nSPS) is 13.8. The first-order valence-corrected chi connectivity index (χ1v) is 7.58. The van der Waals surface area contributed by atoms with Crippen molar-refractivity contribution in [2.45, 2.75) is 11.9 Å². The zero-order chi connectivity index (χ0) is 13.9. The number of benzene rings is 1. The fourth-order valence-corrected chi connectivity index (χ4v) is 2.83. The fraction of sp³-hybridized carbons (Fsp3) is 0.267. The Morgan fingerprint density at radius 1 is 1.35 bits per heavy atom. The summed E-state index contributed by atoms with van der Waals surface area (Å²) < 4.78 is 5.62. The molecule has 0 unspecified atom stereocenters. The van der Waals surface area contributed by atoms with E-state index in [9.17, 15) is 5.11 Å². The Hall–Kier alpha value is -1.88. The van der Waals surface area contributed by atoms with Crippen molar-refractivity contribution < 1.29 is 9.84 Å². The van der Waals surface area contributed by atoms with E-state index in [1.54, 1.807) is 30.0 Å². The summed E-state index contributed by atoms with van der Waals surface area (Å²) in [5, 5.41) is 10.7. The third-order valence-corrected chi connectivity index (χ3v) is 3.96. The van der Waals surface area contributed by atoms with Crippen LogP contribution in [0.3, 0.4) is 0 Å². The summed E-state index contributed by atoms with van der Waals surface area (Å²) in [7, 11) is 0. The number of fused-ring (bicyclic) bond motifs is 1. The van der Waals surface area contributed by atoms with Gasteiger partial charge in [0.15, 0.2) is 0 Å². The molecule has 104 valence electrons. The van der Waals surface area contributed by atoms with E-state index in [4.69, 9.17) is 4.74 Å². The molecule has 4 nitrogen and oxygen atoms in total. The van der Waals surface area contributed by atoms with Gasteiger partial charge in [0.05, 0.1) is 29.1 Å². The van der Waals surface area contributed by atoms with Crippen LogP contribution in [0.5, 0.6) is 11.5 Å². The highest BCUT2D eigenvalue weighted by atomic mass is 32.2. The van der Waals surface area contributed by atoms with Crippen LogP contribution in [-0.2, 0) is 0 Å². The summed E-state index contributed by atoms with van der Waals surface area (Å²) in [5.41, 5.74) is 1.90. The SMILES string of the molecule is CCSc1ccc(N2CCOc3ccc(O)cc32)cn1. The maximum absolute atomic E-state index is 9.67. The monoisotopic (exact) mass is 288 g/mol. The molecule has 1 N–H and O–H groups in total. The Morgan fingerprint density at radius 3 is 3.00 bits per heavy atom. The summed E-state index contributed by atoms with van der Waals surface area (Å²) in [5.74, 6) is 2.05. The van der Waals surface area contributed by atoms with Crippen molar-refractivity contribution in [2.24, 2.45) is 0 Å². The average molecular weight is 288 g/mol. The van der Waals surface area contributed by atoms with E-state index >= 15 is 0 Å². The largest absolute Gasteiger partial charge is 0.508 e. The van der Waals surface area contributed by atoms with Gasteiger partial charge in [-0.15, -0.1) is 11.8 Å². The minimum absolute atomic E-state index is 0.241. The number of nitrogens with zero attached hydrogens (tertiary/aromatic N) is 2. The van der Waals surface area contributed by atoms with Gasteiger partial charge in [0, 0.05) is 6.07 Å². The number of ether oxygens (including phenoxy) is 1. The Morgan fingerprint density at radius 2 is 2.25 bits per heavy atom. The predicted octanol–water partition coefficient (Wildman–Crippen LogP) is 3.43. The van der Waals surface area contributed by atoms with E-state index < -0.39 is 0 Å². The number of pyridine rings is 1. The summed E-state index contributed by atoms with van der Waals surface area (Å²) in [6.45, 7) is 3.49. The van der Waals surface area contributed by atoms with Gasteiger partial charge in [-0.05, 0) is 30.0 Å². The van der Waals surface area contributed by atoms with Crippen LogP contribution in [0.2, 0.25) is 0 Å². The second-order valence-corrected chi connectivity index (χ2v) is 5.72. The molecule has 0 amide bonds. The highest BCUT2D eigenvalue weighted by Gasteiger charge is 2.20. The van der Waals surface area contributed by atoms with E-state index in [2.05, 4.69) is 22.9 Å².